The van der Waals surface area contributed by atoms with E-state index in [1.54, 1.807) is 20.8 Å². The van der Waals surface area contributed by atoms with Crippen molar-refractivity contribution in [2.75, 3.05) is 26.5 Å². The third-order valence-electron chi connectivity index (χ3n) is 5.77. The minimum Gasteiger partial charge on any atom is -0.462 e. The Hall–Kier alpha value is -2.91. The smallest absolute Gasteiger partial charge is 0.340 e. The summed E-state index contributed by atoms with van der Waals surface area (Å²) in [6.07, 6.45) is 0.890. The van der Waals surface area contributed by atoms with E-state index in [-0.39, 0.29) is 24.2 Å². The van der Waals surface area contributed by atoms with Crippen molar-refractivity contribution in [2.24, 2.45) is 0 Å². The SMILES string of the molecule is CCOC(=O)c1c(C)[nH]c(C(=O)CSc2nnc(C(CC)N(C)C)n2Cc2ccccc2)c1C. The number of rotatable bonds is 11. The number of aryl methyl sites for hydroxylation is 1. The summed E-state index contributed by atoms with van der Waals surface area (Å²) in [5.41, 5.74) is 3.26. The molecule has 2 aromatic heterocycles. The second kappa shape index (κ2) is 11.5. The van der Waals surface area contributed by atoms with Crippen LogP contribution >= 0.6 is 11.8 Å². The van der Waals surface area contributed by atoms with Gasteiger partial charge in [0.25, 0.3) is 0 Å². The lowest BCUT2D eigenvalue weighted by Gasteiger charge is -2.23. The van der Waals surface area contributed by atoms with Crippen molar-refractivity contribution in [1.82, 2.24) is 24.6 Å². The molecule has 1 unspecified atom stereocenters. The maximum Gasteiger partial charge on any atom is 0.340 e. The van der Waals surface area contributed by atoms with E-state index in [0.29, 0.717) is 34.2 Å². The zero-order chi connectivity index (χ0) is 24.8. The summed E-state index contributed by atoms with van der Waals surface area (Å²) < 4.78 is 7.23. The van der Waals surface area contributed by atoms with E-state index in [1.807, 2.05) is 32.3 Å². The number of ketones is 1. The number of carbonyl (C=O) groups is 2. The Labute approximate surface area is 205 Å². The van der Waals surface area contributed by atoms with Crippen LogP contribution in [0.3, 0.4) is 0 Å². The highest BCUT2D eigenvalue weighted by molar-refractivity contribution is 7.99. The van der Waals surface area contributed by atoms with Crippen molar-refractivity contribution in [1.29, 1.82) is 0 Å². The minimum atomic E-state index is -0.415. The molecule has 3 rings (SSSR count). The Kier molecular flexibility index (Phi) is 8.68. The fourth-order valence-corrected chi connectivity index (χ4v) is 4.90. The zero-order valence-corrected chi connectivity index (χ0v) is 21.5. The van der Waals surface area contributed by atoms with E-state index in [1.165, 1.54) is 11.8 Å². The number of nitrogens with one attached hydrogen (secondary N) is 1. The summed E-state index contributed by atoms with van der Waals surface area (Å²) in [6.45, 7) is 8.34. The zero-order valence-electron chi connectivity index (χ0n) is 20.7. The lowest BCUT2D eigenvalue weighted by atomic mass is 10.1. The summed E-state index contributed by atoms with van der Waals surface area (Å²) in [7, 11) is 4.06. The average molecular weight is 484 g/mol. The molecule has 9 heteroatoms. The van der Waals surface area contributed by atoms with Crippen molar-refractivity contribution in [3.63, 3.8) is 0 Å². The van der Waals surface area contributed by atoms with Crippen LogP contribution < -0.4 is 0 Å². The third-order valence-corrected chi connectivity index (χ3v) is 6.73. The molecule has 0 amide bonds. The molecule has 2 heterocycles. The van der Waals surface area contributed by atoms with Crippen LogP contribution in [0, 0.1) is 13.8 Å². The van der Waals surface area contributed by atoms with Gasteiger partial charge in [-0.15, -0.1) is 10.2 Å². The molecule has 0 saturated carbocycles. The van der Waals surface area contributed by atoms with Gasteiger partial charge in [-0.3, -0.25) is 9.69 Å². The fourth-order valence-electron chi connectivity index (χ4n) is 4.09. The molecular formula is C25H33N5O3S. The number of esters is 1. The van der Waals surface area contributed by atoms with E-state index in [0.717, 1.165) is 17.8 Å². The number of carbonyl (C=O) groups excluding carboxylic acids is 2. The van der Waals surface area contributed by atoms with Crippen LogP contribution in [0.15, 0.2) is 35.5 Å². The first kappa shape index (κ1) is 25.7. The van der Waals surface area contributed by atoms with Gasteiger partial charge in [-0.1, -0.05) is 49.0 Å². The lowest BCUT2D eigenvalue weighted by molar-refractivity contribution is 0.0525. The first-order valence-corrected chi connectivity index (χ1v) is 12.4. The van der Waals surface area contributed by atoms with Crippen molar-refractivity contribution >= 4 is 23.5 Å². The topological polar surface area (TPSA) is 93.1 Å². The molecule has 8 nitrogen and oxygen atoms in total. The lowest BCUT2D eigenvalue weighted by Crippen LogP contribution is -2.23. The van der Waals surface area contributed by atoms with Gasteiger partial charge in [0.2, 0.25) is 0 Å². The van der Waals surface area contributed by atoms with E-state index >= 15 is 0 Å². The maximum absolute atomic E-state index is 13.1. The normalized spacial score (nSPS) is 12.2. The van der Waals surface area contributed by atoms with Crippen LogP contribution in [-0.2, 0) is 11.3 Å². The van der Waals surface area contributed by atoms with Gasteiger partial charge in [-0.2, -0.15) is 0 Å². The van der Waals surface area contributed by atoms with Crippen LogP contribution in [0.5, 0.6) is 0 Å². The van der Waals surface area contributed by atoms with Crippen LogP contribution in [0.4, 0.5) is 0 Å². The summed E-state index contributed by atoms with van der Waals surface area (Å²) in [4.78, 5) is 30.6. The second-order valence-electron chi connectivity index (χ2n) is 8.36. The van der Waals surface area contributed by atoms with Crippen LogP contribution in [-0.4, -0.2) is 62.9 Å². The summed E-state index contributed by atoms with van der Waals surface area (Å²) in [5.74, 6) is 0.538. The van der Waals surface area contributed by atoms with Crippen molar-refractivity contribution in [2.45, 2.75) is 51.9 Å². The molecule has 182 valence electrons. The van der Waals surface area contributed by atoms with Gasteiger partial charge in [-0.25, -0.2) is 4.79 Å². The number of ether oxygens (including phenoxy) is 1. The largest absolute Gasteiger partial charge is 0.462 e. The number of thioether (sulfide) groups is 1. The Morgan fingerprint density at radius 1 is 1.15 bits per heavy atom. The molecule has 1 aromatic carbocycles. The van der Waals surface area contributed by atoms with Gasteiger partial charge in [0.1, 0.15) is 0 Å². The minimum absolute atomic E-state index is 0.100. The highest BCUT2D eigenvalue weighted by Crippen LogP contribution is 2.27. The van der Waals surface area contributed by atoms with Crippen LogP contribution in [0.2, 0.25) is 0 Å². The van der Waals surface area contributed by atoms with Crippen molar-refractivity contribution in [3.8, 4) is 0 Å². The van der Waals surface area contributed by atoms with Crippen LogP contribution in [0.1, 0.15) is 69.8 Å². The van der Waals surface area contributed by atoms with Gasteiger partial charge in [0.05, 0.1) is 36.2 Å². The van der Waals surface area contributed by atoms with E-state index in [9.17, 15) is 9.59 Å². The Morgan fingerprint density at radius 2 is 1.85 bits per heavy atom. The number of nitrogens with zero attached hydrogens (tertiary/aromatic N) is 4. The molecule has 1 N–H and O–H groups in total. The number of Topliss-reactive ketones (excluding diaryl/α,β-unsaturated/α-hetero) is 1. The highest BCUT2D eigenvalue weighted by Gasteiger charge is 2.25. The second-order valence-corrected chi connectivity index (χ2v) is 9.30. The average Bonchev–Trinajstić information content (AvgIpc) is 3.33. The van der Waals surface area contributed by atoms with E-state index < -0.39 is 5.97 Å². The number of hydrogen-bond acceptors (Lipinski definition) is 7. The Morgan fingerprint density at radius 3 is 2.47 bits per heavy atom. The highest BCUT2D eigenvalue weighted by atomic mass is 32.2. The number of aromatic nitrogens is 4. The molecule has 0 aliphatic rings. The van der Waals surface area contributed by atoms with Crippen molar-refractivity contribution in [3.05, 3.63) is 64.2 Å². The molecule has 1 atom stereocenters. The molecule has 0 bridgehead atoms. The van der Waals surface area contributed by atoms with Crippen LogP contribution in [0.25, 0.3) is 0 Å². The molecule has 3 aromatic rings. The van der Waals surface area contributed by atoms with Gasteiger partial charge >= 0.3 is 5.97 Å². The van der Waals surface area contributed by atoms with Gasteiger partial charge in [-0.05, 0) is 52.4 Å². The molecule has 0 spiro atoms. The predicted octanol–water partition coefficient (Wildman–Crippen LogP) is 4.44. The maximum atomic E-state index is 13.1. The van der Waals surface area contributed by atoms with Gasteiger partial charge in [0, 0.05) is 5.69 Å². The third kappa shape index (κ3) is 5.59. The van der Waals surface area contributed by atoms with E-state index in [4.69, 9.17) is 4.74 Å². The molecule has 0 aliphatic heterocycles. The summed E-state index contributed by atoms with van der Waals surface area (Å²) in [5, 5.41) is 9.64. The molecule has 0 radical (unpaired) electrons. The first-order valence-electron chi connectivity index (χ1n) is 11.4. The summed E-state index contributed by atoms with van der Waals surface area (Å²) >= 11 is 1.36. The fraction of sp³-hybridized carbons (Fsp3) is 0.440. The molecular weight excluding hydrogens is 450 g/mol. The standard InChI is InChI=1S/C25H33N5O3S/c1-7-19(29(5)6)23-27-28-25(30(23)14-18-12-10-9-11-13-18)34-15-20(31)22-16(3)21(17(4)26-22)24(32)33-8-2/h9-13,19,26H,7-8,14-15H2,1-6H3. The number of H-pyrrole nitrogens is 1. The number of hydrogen-bond donors (Lipinski definition) is 1. The Balaban J connectivity index is 1.86. The monoisotopic (exact) mass is 483 g/mol. The van der Waals surface area contributed by atoms with Crippen molar-refractivity contribution < 1.29 is 14.3 Å². The van der Waals surface area contributed by atoms with E-state index in [2.05, 4.69) is 43.7 Å². The first-order chi connectivity index (χ1) is 16.3. The number of benzene rings is 1. The summed E-state index contributed by atoms with van der Waals surface area (Å²) in [6, 6.07) is 10.3. The van der Waals surface area contributed by atoms with Gasteiger partial charge in [0.15, 0.2) is 16.8 Å². The molecule has 0 aliphatic carbocycles. The van der Waals surface area contributed by atoms with Gasteiger partial charge < -0.3 is 14.3 Å². The molecule has 0 fully saturated rings. The molecule has 0 saturated heterocycles. The Bertz CT molecular complexity index is 1140. The molecule has 34 heavy (non-hydrogen) atoms. The quantitative estimate of drug-likeness (QED) is 0.245. The number of aromatic amines is 1. The predicted molar refractivity (Wildman–Crippen MR) is 134 cm³/mol.